The summed E-state index contributed by atoms with van der Waals surface area (Å²) in [5.41, 5.74) is 0.997. The molecule has 20 heavy (non-hydrogen) atoms. The van der Waals surface area contributed by atoms with Gasteiger partial charge >= 0.3 is 0 Å². The van der Waals surface area contributed by atoms with Crippen LogP contribution in [0.3, 0.4) is 0 Å². The third-order valence-corrected chi connectivity index (χ3v) is 4.79. The minimum absolute atomic E-state index is 0.159. The smallest absolute Gasteiger partial charge is 0.0781 e. The summed E-state index contributed by atoms with van der Waals surface area (Å²) in [6.07, 6.45) is 3.68. The summed E-state index contributed by atoms with van der Waals surface area (Å²) in [7, 11) is 0. The largest absolute Gasteiger partial charge is 0.308 e. The van der Waals surface area contributed by atoms with Crippen LogP contribution in [0.2, 0.25) is 15.1 Å². The van der Waals surface area contributed by atoms with Gasteiger partial charge in [-0.2, -0.15) is 0 Å². The van der Waals surface area contributed by atoms with Crippen LogP contribution in [0.1, 0.15) is 58.6 Å². The lowest BCUT2D eigenvalue weighted by Crippen LogP contribution is -2.29. The number of hydrogen-bond donors (Lipinski definition) is 1. The molecule has 0 saturated heterocycles. The summed E-state index contributed by atoms with van der Waals surface area (Å²) < 4.78 is 0. The van der Waals surface area contributed by atoms with Gasteiger partial charge in [0.05, 0.1) is 15.1 Å². The van der Waals surface area contributed by atoms with Crippen LogP contribution >= 0.6 is 34.8 Å². The fraction of sp³-hybridized carbons (Fsp3) is 0.625. The Kier molecular flexibility index (Phi) is 7.68. The SMILES string of the molecule is CC(C)CCCC(C)NC(C)c1ccc(Cl)c(Cl)c1Cl. The fourth-order valence-corrected chi connectivity index (χ4v) is 3.01. The maximum absolute atomic E-state index is 6.27. The molecule has 1 N–H and O–H groups in total. The topological polar surface area (TPSA) is 12.0 Å². The molecule has 0 aliphatic heterocycles. The predicted octanol–water partition coefficient (Wildman–Crippen LogP) is 6.51. The quantitative estimate of drug-likeness (QED) is 0.559. The van der Waals surface area contributed by atoms with Crippen molar-refractivity contribution < 1.29 is 0 Å². The van der Waals surface area contributed by atoms with Gasteiger partial charge in [-0.05, 0) is 37.8 Å². The monoisotopic (exact) mass is 335 g/mol. The summed E-state index contributed by atoms with van der Waals surface area (Å²) >= 11 is 18.3. The van der Waals surface area contributed by atoms with E-state index < -0.39 is 0 Å². The van der Waals surface area contributed by atoms with Gasteiger partial charge in [-0.15, -0.1) is 0 Å². The van der Waals surface area contributed by atoms with Gasteiger partial charge in [0, 0.05) is 12.1 Å². The number of halogens is 3. The van der Waals surface area contributed by atoms with Gasteiger partial charge in [0.25, 0.3) is 0 Å². The minimum Gasteiger partial charge on any atom is -0.308 e. The van der Waals surface area contributed by atoms with E-state index in [1.54, 1.807) is 6.07 Å². The van der Waals surface area contributed by atoms with Crippen molar-refractivity contribution in [2.45, 2.75) is 59.0 Å². The lowest BCUT2D eigenvalue weighted by Gasteiger charge is -2.22. The second kappa shape index (κ2) is 8.48. The van der Waals surface area contributed by atoms with Crippen LogP contribution in [-0.2, 0) is 0 Å². The summed E-state index contributed by atoms with van der Waals surface area (Å²) in [6, 6.07) is 4.35. The molecular formula is C16H24Cl3N. The highest BCUT2D eigenvalue weighted by Crippen LogP contribution is 2.35. The Morgan fingerprint density at radius 2 is 1.60 bits per heavy atom. The van der Waals surface area contributed by atoms with Crippen LogP contribution < -0.4 is 5.32 Å². The van der Waals surface area contributed by atoms with Gasteiger partial charge in [0.1, 0.15) is 0 Å². The van der Waals surface area contributed by atoms with Crippen LogP contribution in [0.25, 0.3) is 0 Å². The Morgan fingerprint density at radius 1 is 0.950 bits per heavy atom. The van der Waals surface area contributed by atoms with Crippen molar-refractivity contribution in [2.75, 3.05) is 0 Å². The lowest BCUT2D eigenvalue weighted by atomic mass is 10.0. The Balaban J connectivity index is 2.58. The van der Waals surface area contributed by atoms with E-state index in [0.717, 1.165) is 11.5 Å². The van der Waals surface area contributed by atoms with Crippen molar-refractivity contribution in [3.05, 3.63) is 32.8 Å². The van der Waals surface area contributed by atoms with Crippen LogP contribution in [0, 0.1) is 5.92 Å². The predicted molar refractivity (Wildman–Crippen MR) is 91.2 cm³/mol. The summed E-state index contributed by atoms with van der Waals surface area (Å²) in [5, 5.41) is 5.06. The van der Waals surface area contributed by atoms with Gasteiger partial charge in [-0.3, -0.25) is 0 Å². The molecule has 4 heteroatoms. The molecule has 0 aliphatic rings. The van der Waals surface area contributed by atoms with Crippen molar-refractivity contribution in [1.82, 2.24) is 5.32 Å². The first-order chi connectivity index (χ1) is 9.32. The highest BCUT2D eigenvalue weighted by molar-refractivity contribution is 6.48. The molecule has 1 aromatic rings. The molecule has 0 heterocycles. The molecule has 1 nitrogen and oxygen atoms in total. The van der Waals surface area contributed by atoms with E-state index in [2.05, 4.69) is 33.0 Å². The Morgan fingerprint density at radius 3 is 2.20 bits per heavy atom. The third kappa shape index (κ3) is 5.44. The zero-order valence-corrected chi connectivity index (χ0v) is 14.9. The average molecular weight is 337 g/mol. The zero-order chi connectivity index (χ0) is 15.3. The first-order valence-electron chi connectivity index (χ1n) is 7.22. The second-order valence-corrected chi connectivity index (χ2v) is 7.04. The van der Waals surface area contributed by atoms with E-state index in [-0.39, 0.29) is 6.04 Å². The molecule has 0 bridgehead atoms. The third-order valence-electron chi connectivity index (χ3n) is 3.48. The van der Waals surface area contributed by atoms with Gasteiger partial charge in [0.15, 0.2) is 0 Å². The standard InChI is InChI=1S/C16H24Cl3N/c1-10(2)6-5-7-11(3)20-12(4)13-8-9-14(17)16(19)15(13)18/h8-12,20H,5-7H2,1-4H3. The average Bonchev–Trinajstić information content (AvgIpc) is 2.35. The maximum Gasteiger partial charge on any atom is 0.0781 e. The molecule has 0 aliphatic carbocycles. The molecule has 114 valence electrons. The zero-order valence-electron chi connectivity index (χ0n) is 12.6. The van der Waals surface area contributed by atoms with E-state index in [1.165, 1.54) is 19.3 Å². The second-order valence-electron chi connectivity index (χ2n) is 5.88. The molecule has 2 atom stereocenters. The number of benzene rings is 1. The van der Waals surface area contributed by atoms with Gasteiger partial charge in [0.2, 0.25) is 0 Å². The van der Waals surface area contributed by atoms with E-state index in [0.29, 0.717) is 21.1 Å². The van der Waals surface area contributed by atoms with Crippen LogP contribution in [0.15, 0.2) is 12.1 Å². The molecule has 0 radical (unpaired) electrons. The first-order valence-corrected chi connectivity index (χ1v) is 8.35. The van der Waals surface area contributed by atoms with E-state index in [4.69, 9.17) is 34.8 Å². The van der Waals surface area contributed by atoms with Crippen LogP contribution in [-0.4, -0.2) is 6.04 Å². The maximum atomic E-state index is 6.27. The summed E-state index contributed by atoms with van der Waals surface area (Å²) in [5.74, 6) is 0.768. The normalized spacial score (nSPS) is 14.6. The molecule has 0 amide bonds. The van der Waals surface area contributed by atoms with E-state index in [9.17, 15) is 0 Å². The van der Waals surface area contributed by atoms with Gasteiger partial charge < -0.3 is 5.32 Å². The van der Waals surface area contributed by atoms with E-state index in [1.807, 2.05) is 6.07 Å². The highest BCUT2D eigenvalue weighted by Gasteiger charge is 2.16. The summed E-state index contributed by atoms with van der Waals surface area (Å²) in [4.78, 5) is 0. The fourth-order valence-electron chi connectivity index (χ4n) is 2.31. The molecule has 2 unspecified atom stereocenters. The first kappa shape index (κ1) is 18.1. The lowest BCUT2D eigenvalue weighted by molar-refractivity contribution is 0.424. The number of rotatable bonds is 7. The van der Waals surface area contributed by atoms with Gasteiger partial charge in [-0.1, -0.05) is 67.6 Å². The van der Waals surface area contributed by atoms with Crippen molar-refractivity contribution in [1.29, 1.82) is 0 Å². The number of nitrogens with one attached hydrogen (secondary N) is 1. The van der Waals surface area contributed by atoms with Crippen LogP contribution in [0.4, 0.5) is 0 Å². The molecule has 1 rings (SSSR count). The molecule has 0 aromatic heterocycles. The van der Waals surface area contributed by atoms with Crippen molar-refractivity contribution >= 4 is 34.8 Å². The molecule has 0 spiro atoms. The highest BCUT2D eigenvalue weighted by atomic mass is 35.5. The van der Waals surface area contributed by atoms with Crippen LogP contribution in [0.5, 0.6) is 0 Å². The molecular weight excluding hydrogens is 313 g/mol. The summed E-state index contributed by atoms with van der Waals surface area (Å²) in [6.45, 7) is 8.83. The van der Waals surface area contributed by atoms with Crippen molar-refractivity contribution in [3.63, 3.8) is 0 Å². The van der Waals surface area contributed by atoms with Crippen molar-refractivity contribution in [2.24, 2.45) is 5.92 Å². The van der Waals surface area contributed by atoms with Crippen molar-refractivity contribution in [3.8, 4) is 0 Å². The Bertz CT molecular complexity index is 432. The number of hydrogen-bond acceptors (Lipinski definition) is 1. The Hall–Kier alpha value is 0.0500. The molecule has 0 fully saturated rings. The molecule has 0 saturated carbocycles. The van der Waals surface area contributed by atoms with Gasteiger partial charge in [-0.25, -0.2) is 0 Å². The Labute approximate surface area is 138 Å². The minimum atomic E-state index is 0.159. The van der Waals surface area contributed by atoms with E-state index >= 15 is 0 Å². The molecule has 1 aromatic carbocycles.